The van der Waals surface area contributed by atoms with Gasteiger partial charge in [-0.2, -0.15) is 5.10 Å². The van der Waals surface area contributed by atoms with Crippen LogP contribution in [0.2, 0.25) is 0 Å². The van der Waals surface area contributed by atoms with Crippen molar-refractivity contribution in [3.8, 4) is 11.3 Å². The minimum atomic E-state index is -3.81. The lowest BCUT2D eigenvalue weighted by Crippen LogP contribution is -2.23. The lowest BCUT2D eigenvalue weighted by Gasteiger charge is -2.07. The van der Waals surface area contributed by atoms with E-state index in [1.54, 1.807) is 30.3 Å². The van der Waals surface area contributed by atoms with Crippen LogP contribution in [-0.4, -0.2) is 29.7 Å². The maximum Gasteiger partial charge on any atom is 0.264 e. The van der Waals surface area contributed by atoms with E-state index in [4.69, 9.17) is 16.6 Å². The number of rotatable bonds is 7. The van der Waals surface area contributed by atoms with Gasteiger partial charge in [-0.3, -0.25) is 5.43 Å². The molecule has 11 heteroatoms. The molecule has 0 saturated heterocycles. The van der Waals surface area contributed by atoms with Crippen LogP contribution in [0.4, 0.5) is 11.6 Å². The molecule has 3 N–H and O–H groups in total. The molecule has 0 bridgehead atoms. The topological polar surface area (TPSA) is 122 Å². The van der Waals surface area contributed by atoms with Crippen molar-refractivity contribution in [3.63, 3.8) is 0 Å². The fourth-order valence-corrected chi connectivity index (χ4v) is 3.99. The van der Waals surface area contributed by atoms with E-state index in [2.05, 4.69) is 30.5 Å². The Morgan fingerprint density at radius 3 is 2.41 bits per heavy atom. The molecule has 0 atom stereocenters. The number of nitrogens with zero attached hydrogens (tertiary/aromatic N) is 3. The summed E-state index contributed by atoms with van der Waals surface area (Å²) in [4.78, 5) is 7.82. The molecule has 0 amide bonds. The highest BCUT2D eigenvalue weighted by Crippen LogP contribution is 2.24. The van der Waals surface area contributed by atoms with Gasteiger partial charge in [0.15, 0.2) is 5.11 Å². The van der Waals surface area contributed by atoms with Gasteiger partial charge in [0.25, 0.3) is 10.0 Å². The zero-order valence-electron chi connectivity index (χ0n) is 18.0. The van der Waals surface area contributed by atoms with Crippen LogP contribution >= 0.6 is 12.2 Å². The predicted octanol–water partition coefficient (Wildman–Crippen LogP) is 4.17. The van der Waals surface area contributed by atoms with Crippen LogP contribution in [0.5, 0.6) is 0 Å². The minimum Gasteiger partial charge on any atom is -0.455 e. The van der Waals surface area contributed by atoms with Crippen molar-refractivity contribution < 1.29 is 12.8 Å². The number of benzene rings is 2. The Labute approximate surface area is 202 Å². The third-order valence-corrected chi connectivity index (χ3v) is 6.07. The van der Waals surface area contributed by atoms with Crippen molar-refractivity contribution in [2.75, 3.05) is 10.0 Å². The summed E-state index contributed by atoms with van der Waals surface area (Å²) in [7, 11) is -3.81. The molecule has 2 heterocycles. The van der Waals surface area contributed by atoms with Gasteiger partial charge in [-0.05, 0) is 73.7 Å². The van der Waals surface area contributed by atoms with Gasteiger partial charge >= 0.3 is 0 Å². The number of hydrogen-bond acceptors (Lipinski definition) is 7. The van der Waals surface area contributed by atoms with Crippen LogP contribution < -0.4 is 15.5 Å². The summed E-state index contributed by atoms with van der Waals surface area (Å²) in [6.07, 6.45) is 4.40. The van der Waals surface area contributed by atoms with Gasteiger partial charge in [0, 0.05) is 23.6 Å². The average molecular weight is 493 g/mol. The first-order valence-electron chi connectivity index (χ1n) is 10.1. The molecular formula is C23H20N6O3S2. The minimum absolute atomic E-state index is 0.00342. The number of nitrogens with one attached hydrogen (secondary N) is 3. The van der Waals surface area contributed by atoms with E-state index in [0.29, 0.717) is 22.2 Å². The SMILES string of the molecule is Cc1ccc(NC(=S)NN=Cc2ccc(-c3ccc(S(=O)(=O)Nc4ncccn4)cc3)o2)cc1. The smallest absolute Gasteiger partial charge is 0.264 e. The van der Waals surface area contributed by atoms with Crippen molar-refractivity contribution in [1.82, 2.24) is 15.4 Å². The molecule has 0 aliphatic heterocycles. The Morgan fingerprint density at radius 2 is 1.71 bits per heavy atom. The monoisotopic (exact) mass is 492 g/mol. The van der Waals surface area contributed by atoms with E-state index < -0.39 is 10.0 Å². The standard InChI is InChI=1S/C23H20N6O3S2/c1-16-3-7-18(8-4-16)27-23(33)28-26-15-19-9-12-21(32-19)17-5-10-20(11-6-17)34(30,31)29-22-24-13-2-14-25-22/h2-15H,1H3,(H,24,25,29)(H2,27,28,33). The summed E-state index contributed by atoms with van der Waals surface area (Å²) >= 11 is 5.22. The second-order valence-electron chi connectivity index (χ2n) is 7.09. The van der Waals surface area contributed by atoms with Crippen LogP contribution in [0.25, 0.3) is 11.3 Å². The predicted molar refractivity (Wildman–Crippen MR) is 135 cm³/mol. The summed E-state index contributed by atoms with van der Waals surface area (Å²) in [6, 6.07) is 19.2. The first-order valence-corrected chi connectivity index (χ1v) is 11.9. The van der Waals surface area contributed by atoms with Crippen LogP contribution in [-0.2, 0) is 10.0 Å². The molecule has 2 aromatic heterocycles. The Morgan fingerprint density at radius 1 is 1.00 bits per heavy atom. The number of hydrazone groups is 1. The zero-order chi connectivity index (χ0) is 24.0. The van der Waals surface area contributed by atoms with E-state index in [1.807, 2.05) is 31.2 Å². The van der Waals surface area contributed by atoms with Crippen molar-refractivity contribution in [1.29, 1.82) is 0 Å². The molecule has 0 unspecified atom stereocenters. The van der Waals surface area contributed by atoms with Crippen LogP contribution in [0.1, 0.15) is 11.3 Å². The third-order valence-electron chi connectivity index (χ3n) is 4.53. The van der Waals surface area contributed by atoms with E-state index in [0.717, 1.165) is 11.3 Å². The summed E-state index contributed by atoms with van der Waals surface area (Å²) in [5.41, 5.74) is 5.46. The Balaban J connectivity index is 1.36. The maximum atomic E-state index is 12.5. The highest BCUT2D eigenvalue weighted by Gasteiger charge is 2.16. The van der Waals surface area contributed by atoms with Gasteiger partial charge in [0.1, 0.15) is 11.5 Å². The molecule has 0 aliphatic rings. The van der Waals surface area contributed by atoms with Gasteiger partial charge in [-0.1, -0.05) is 17.7 Å². The zero-order valence-corrected chi connectivity index (χ0v) is 19.6. The summed E-state index contributed by atoms with van der Waals surface area (Å²) in [5, 5.41) is 7.46. The van der Waals surface area contributed by atoms with Crippen LogP contribution in [0, 0.1) is 6.92 Å². The number of sulfonamides is 1. The normalized spacial score (nSPS) is 11.3. The molecule has 172 valence electrons. The molecule has 0 saturated carbocycles. The molecule has 0 fully saturated rings. The number of aromatic nitrogens is 2. The van der Waals surface area contributed by atoms with Gasteiger partial charge in [-0.25, -0.2) is 23.1 Å². The molecule has 9 nitrogen and oxygen atoms in total. The van der Waals surface area contributed by atoms with Crippen LogP contribution in [0.15, 0.2) is 93.5 Å². The third kappa shape index (κ3) is 6.03. The largest absolute Gasteiger partial charge is 0.455 e. The van der Waals surface area contributed by atoms with Crippen molar-refractivity contribution in [3.05, 3.63) is 90.4 Å². The number of anilines is 2. The molecule has 34 heavy (non-hydrogen) atoms. The molecule has 0 aliphatic carbocycles. The molecule has 0 spiro atoms. The molecular weight excluding hydrogens is 472 g/mol. The fourth-order valence-electron chi connectivity index (χ4n) is 2.86. The average Bonchev–Trinajstić information content (AvgIpc) is 3.30. The Kier molecular flexibility index (Phi) is 6.95. The molecule has 0 radical (unpaired) electrons. The number of hydrogen-bond donors (Lipinski definition) is 3. The molecule has 4 rings (SSSR count). The Bertz CT molecular complexity index is 1400. The highest BCUT2D eigenvalue weighted by molar-refractivity contribution is 7.92. The summed E-state index contributed by atoms with van der Waals surface area (Å²) < 4.78 is 33.1. The van der Waals surface area contributed by atoms with Crippen molar-refractivity contribution >= 4 is 45.2 Å². The van der Waals surface area contributed by atoms with Gasteiger partial charge < -0.3 is 9.73 Å². The van der Waals surface area contributed by atoms with E-state index in [9.17, 15) is 8.42 Å². The number of furan rings is 1. The second-order valence-corrected chi connectivity index (χ2v) is 9.19. The van der Waals surface area contributed by atoms with Crippen molar-refractivity contribution in [2.24, 2.45) is 5.10 Å². The summed E-state index contributed by atoms with van der Waals surface area (Å²) in [5.74, 6) is 1.06. The fraction of sp³-hybridized carbons (Fsp3) is 0.0435. The van der Waals surface area contributed by atoms with Crippen molar-refractivity contribution in [2.45, 2.75) is 11.8 Å². The number of aryl methyl sites for hydroxylation is 1. The maximum absolute atomic E-state index is 12.5. The van der Waals surface area contributed by atoms with Crippen LogP contribution in [0.3, 0.4) is 0 Å². The van der Waals surface area contributed by atoms with E-state index in [-0.39, 0.29) is 10.8 Å². The lowest BCUT2D eigenvalue weighted by molar-refractivity contribution is 0.574. The lowest BCUT2D eigenvalue weighted by atomic mass is 10.2. The highest BCUT2D eigenvalue weighted by atomic mass is 32.2. The molecule has 4 aromatic rings. The van der Waals surface area contributed by atoms with E-state index >= 15 is 0 Å². The number of thiocarbonyl (C=S) groups is 1. The van der Waals surface area contributed by atoms with Gasteiger partial charge in [0.05, 0.1) is 11.1 Å². The summed E-state index contributed by atoms with van der Waals surface area (Å²) in [6.45, 7) is 2.01. The Hall–Kier alpha value is -4.09. The van der Waals surface area contributed by atoms with Gasteiger partial charge in [0.2, 0.25) is 5.95 Å². The van der Waals surface area contributed by atoms with Gasteiger partial charge in [-0.15, -0.1) is 0 Å². The molecule has 2 aromatic carbocycles. The first-order chi connectivity index (χ1) is 16.4. The van der Waals surface area contributed by atoms with E-state index in [1.165, 1.54) is 30.7 Å². The second kappa shape index (κ2) is 10.2. The first kappa shape index (κ1) is 23.1. The quantitative estimate of drug-likeness (QED) is 0.200.